The Balaban J connectivity index is 2.27. The lowest BCUT2D eigenvalue weighted by molar-refractivity contribution is 0.457. The average molecular weight is 194 g/mol. The van der Waals surface area contributed by atoms with Crippen LogP contribution in [0.4, 0.5) is 0 Å². The SMILES string of the molecule is CC(C#N)CNCC1C(C)(C)C1(C)C. The van der Waals surface area contributed by atoms with Crippen LogP contribution in [0.15, 0.2) is 0 Å². The number of nitriles is 1. The van der Waals surface area contributed by atoms with E-state index in [9.17, 15) is 0 Å². The third-order valence-electron chi connectivity index (χ3n) is 4.34. The van der Waals surface area contributed by atoms with E-state index in [1.54, 1.807) is 0 Å². The first kappa shape index (κ1) is 11.5. The molecule has 1 aliphatic rings. The predicted molar refractivity (Wildman–Crippen MR) is 58.7 cm³/mol. The van der Waals surface area contributed by atoms with Crippen molar-refractivity contribution < 1.29 is 0 Å². The van der Waals surface area contributed by atoms with Crippen LogP contribution in [-0.2, 0) is 0 Å². The highest BCUT2D eigenvalue weighted by Gasteiger charge is 2.63. The lowest BCUT2D eigenvalue weighted by Gasteiger charge is -2.06. The van der Waals surface area contributed by atoms with Gasteiger partial charge in [-0.05, 0) is 30.2 Å². The molecule has 1 saturated carbocycles. The summed E-state index contributed by atoms with van der Waals surface area (Å²) in [6.45, 7) is 13.1. The summed E-state index contributed by atoms with van der Waals surface area (Å²) < 4.78 is 0. The molecule has 0 amide bonds. The van der Waals surface area contributed by atoms with Gasteiger partial charge in [0.25, 0.3) is 0 Å². The summed E-state index contributed by atoms with van der Waals surface area (Å²) in [6, 6.07) is 2.24. The van der Waals surface area contributed by atoms with Gasteiger partial charge in [-0.3, -0.25) is 0 Å². The molecule has 0 aromatic rings. The van der Waals surface area contributed by atoms with Crippen LogP contribution >= 0.6 is 0 Å². The van der Waals surface area contributed by atoms with Gasteiger partial charge < -0.3 is 5.32 Å². The molecule has 1 fully saturated rings. The van der Waals surface area contributed by atoms with Crippen molar-refractivity contribution in [3.63, 3.8) is 0 Å². The summed E-state index contributed by atoms with van der Waals surface area (Å²) >= 11 is 0. The molecule has 0 heterocycles. The Morgan fingerprint density at radius 1 is 1.29 bits per heavy atom. The maximum atomic E-state index is 8.63. The number of nitrogens with zero attached hydrogens (tertiary/aromatic N) is 1. The van der Waals surface area contributed by atoms with Crippen LogP contribution in [0.2, 0.25) is 0 Å². The minimum atomic E-state index is 0.125. The molecule has 0 spiro atoms. The fraction of sp³-hybridized carbons (Fsp3) is 0.917. The molecule has 0 aliphatic heterocycles. The quantitative estimate of drug-likeness (QED) is 0.746. The standard InChI is InChI=1S/C12H22N2/c1-9(6-13)7-14-8-10-11(2,3)12(10,4)5/h9-10,14H,7-8H2,1-5H3. The summed E-state index contributed by atoms with van der Waals surface area (Å²) in [5.41, 5.74) is 0.908. The van der Waals surface area contributed by atoms with Crippen molar-refractivity contribution in [3.05, 3.63) is 0 Å². The first-order valence-electron chi connectivity index (χ1n) is 5.44. The molecule has 2 nitrogen and oxygen atoms in total. The summed E-state index contributed by atoms with van der Waals surface area (Å²) in [7, 11) is 0. The first-order valence-corrected chi connectivity index (χ1v) is 5.44. The minimum Gasteiger partial charge on any atom is -0.315 e. The normalized spacial score (nSPS) is 25.4. The van der Waals surface area contributed by atoms with Gasteiger partial charge in [0, 0.05) is 6.54 Å². The van der Waals surface area contributed by atoms with E-state index >= 15 is 0 Å². The second kappa shape index (κ2) is 3.55. The summed E-state index contributed by atoms with van der Waals surface area (Å²) in [6.07, 6.45) is 0. The molecule has 0 aromatic heterocycles. The van der Waals surface area contributed by atoms with Crippen molar-refractivity contribution in [2.75, 3.05) is 13.1 Å². The zero-order valence-electron chi connectivity index (χ0n) is 10.0. The van der Waals surface area contributed by atoms with Crippen LogP contribution in [0.25, 0.3) is 0 Å². The van der Waals surface area contributed by atoms with Crippen molar-refractivity contribution in [1.29, 1.82) is 5.26 Å². The Hall–Kier alpha value is -0.550. The van der Waals surface area contributed by atoms with Crippen LogP contribution in [0.3, 0.4) is 0 Å². The number of rotatable bonds is 4. The molecule has 0 aromatic carbocycles. The number of hydrogen-bond donors (Lipinski definition) is 1. The second-order valence-corrected chi connectivity index (χ2v) is 5.68. The van der Waals surface area contributed by atoms with E-state index in [0.717, 1.165) is 19.0 Å². The molecule has 0 radical (unpaired) electrons. The van der Waals surface area contributed by atoms with Gasteiger partial charge in [0.05, 0.1) is 12.0 Å². The topological polar surface area (TPSA) is 35.8 Å². The maximum Gasteiger partial charge on any atom is 0.0666 e. The number of hydrogen-bond acceptors (Lipinski definition) is 2. The highest BCUT2D eigenvalue weighted by Crippen LogP contribution is 2.67. The van der Waals surface area contributed by atoms with Crippen molar-refractivity contribution in [1.82, 2.24) is 5.32 Å². The van der Waals surface area contributed by atoms with Crippen molar-refractivity contribution in [3.8, 4) is 6.07 Å². The van der Waals surface area contributed by atoms with Crippen LogP contribution in [0, 0.1) is 34.0 Å². The van der Waals surface area contributed by atoms with Gasteiger partial charge in [-0.25, -0.2) is 0 Å². The smallest absolute Gasteiger partial charge is 0.0666 e. The van der Waals surface area contributed by atoms with E-state index in [0.29, 0.717) is 10.8 Å². The molecule has 0 saturated heterocycles. The fourth-order valence-electron chi connectivity index (χ4n) is 2.33. The lowest BCUT2D eigenvalue weighted by Crippen LogP contribution is -2.24. The third-order valence-corrected chi connectivity index (χ3v) is 4.34. The number of nitrogens with one attached hydrogen (secondary N) is 1. The van der Waals surface area contributed by atoms with Crippen LogP contribution < -0.4 is 5.32 Å². The van der Waals surface area contributed by atoms with Crippen LogP contribution in [-0.4, -0.2) is 13.1 Å². The molecule has 14 heavy (non-hydrogen) atoms. The van der Waals surface area contributed by atoms with Gasteiger partial charge in [0.1, 0.15) is 0 Å². The highest BCUT2D eigenvalue weighted by atomic mass is 14.9. The Morgan fingerprint density at radius 3 is 2.14 bits per heavy atom. The monoisotopic (exact) mass is 194 g/mol. The van der Waals surface area contributed by atoms with Gasteiger partial charge in [-0.2, -0.15) is 5.26 Å². The van der Waals surface area contributed by atoms with Crippen LogP contribution in [0.5, 0.6) is 0 Å². The van der Waals surface area contributed by atoms with E-state index in [2.05, 4.69) is 39.1 Å². The maximum absolute atomic E-state index is 8.63. The predicted octanol–water partition coefficient (Wildman–Crippen LogP) is 2.42. The Morgan fingerprint density at radius 2 is 1.79 bits per heavy atom. The van der Waals surface area contributed by atoms with Crippen molar-refractivity contribution in [2.45, 2.75) is 34.6 Å². The Bertz CT molecular complexity index is 234. The van der Waals surface area contributed by atoms with Gasteiger partial charge in [-0.1, -0.05) is 27.7 Å². The lowest BCUT2D eigenvalue weighted by atomic mass is 10.0. The van der Waals surface area contributed by atoms with Crippen LogP contribution in [0.1, 0.15) is 34.6 Å². The summed E-state index contributed by atoms with van der Waals surface area (Å²) in [5, 5.41) is 12.0. The molecular weight excluding hydrogens is 172 g/mol. The van der Waals surface area contributed by atoms with E-state index in [4.69, 9.17) is 5.26 Å². The highest BCUT2D eigenvalue weighted by molar-refractivity contribution is 5.12. The minimum absolute atomic E-state index is 0.125. The van der Waals surface area contributed by atoms with E-state index in [1.165, 1.54) is 0 Å². The summed E-state index contributed by atoms with van der Waals surface area (Å²) in [4.78, 5) is 0. The van der Waals surface area contributed by atoms with Crippen molar-refractivity contribution >= 4 is 0 Å². The van der Waals surface area contributed by atoms with Gasteiger partial charge >= 0.3 is 0 Å². The largest absolute Gasteiger partial charge is 0.315 e. The van der Waals surface area contributed by atoms with Gasteiger partial charge in [-0.15, -0.1) is 0 Å². The van der Waals surface area contributed by atoms with Crippen molar-refractivity contribution in [2.24, 2.45) is 22.7 Å². The zero-order chi connectivity index (χ0) is 11.0. The molecular formula is C12H22N2. The molecule has 80 valence electrons. The zero-order valence-corrected chi connectivity index (χ0v) is 10.0. The van der Waals surface area contributed by atoms with E-state index < -0.39 is 0 Å². The van der Waals surface area contributed by atoms with E-state index in [-0.39, 0.29) is 5.92 Å². The van der Waals surface area contributed by atoms with E-state index in [1.807, 2.05) is 6.92 Å². The fourth-order valence-corrected chi connectivity index (χ4v) is 2.33. The average Bonchev–Trinajstić information content (AvgIpc) is 2.47. The molecule has 1 aliphatic carbocycles. The van der Waals surface area contributed by atoms with Gasteiger partial charge in [0.2, 0.25) is 0 Å². The Kier molecular flexibility index (Phi) is 2.92. The summed E-state index contributed by atoms with van der Waals surface area (Å²) in [5.74, 6) is 0.876. The van der Waals surface area contributed by atoms with Gasteiger partial charge in [0.15, 0.2) is 0 Å². The first-order chi connectivity index (χ1) is 6.34. The molecule has 2 heteroatoms. The third kappa shape index (κ3) is 1.79. The molecule has 1 unspecified atom stereocenters. The molecule has 0 bridgehead atoms. The molecule has 1 atom stereocenters. The second-order valence-electron chi connectivity index (χ2n) is 5.68. The molecule has 1 N–H and O–H groups in total. The Labute approximate surface area is 87.7 Å². The molecule has 1 rings (SSSR count).